The summed E-state index contributed by atoms with van der Waals surface area (Å²) in [6.07, 6.45) is 0.812. The minimum absolute atomic E-state index is 0.112. The van der Waals surface area contributed by atoms with E-state index >= 15 is 0 Å². The van der Waals surface area contributed by atoms with E-state index in [1.54, 1.807) is 0 Å². The van der Waals surface area contributed by atoms with Crippen LogP contribution in [0.3, 0.4) is 0 Å². The highest BCUT2D eigenvalue weighted by molar-refractivity contribution is 6.02. The molecule has 4 rings (SSSR count). The number of aliphatic imine (C=N–C) groups is 1. The Morgan fingerprint density at radius 1 is 0.964 bits per heavy atom. The Balaban J connectivity index is 1.55. The summed E-state index contributed by atoms with van der Waals surface area (Å²) in [7, 11) is 2.10. The van der Waals surface area contributed by atoms with Gasteiger partial charge in [-0.2, -0.15) is 13.2 Å². The minimum atomic E-state index is -4.51. The summed E-state index contributed by atoms with van der Waals surface area (Å²) < 4.78 is 42.1. The van der Waals surface area contributed by atoms with Gasteiger partial charge in [-0.3, -0.25) is 4.57 Å². The number of halogens is 3. The fourth-order valence-corrected chi connectivity index (χ4v) is 3.36. The molecule has 0 aliphatic carbocycles. The minimum Gasteiger partial charge on any atom is -0.369 e. The van der Waals surface area contributed by atoms with Crippen molar-refractivity contribution in [3.05, 3.63) is 54.8 Å². The first-order chi connectivity index (χ1) is 13.4. The maximum absolute atomic E-state index is 13.6. The van der Waals surface area contributed by atoms with Gasteiger partial charge < -0.3 is 14.7 Å². The Kier molecular flexibility index (Phi) is 4.84. The normalized spacial score (nSPS) is 18.9. The molecule has 0 N–H and O–H groups in total. The Labute approximate surface area is 161 Å². The molecular formula is C19H21F3N6. The molecule has 0 bridgehead atoms. The second-order valence-corrected chi connectivity index (χ2v) is 6.91. The van der Waals surface area contributed by atoms with E-state index in [0.29, 0.717) is 5.69 Å². The average Bonchev–Trinajstić information content (AvgIpc) is 3.22. The van der Waals surface area contributed by atoms with Crippen molar-refractivity contribution in [3.63, 3.8) is 0 Å². The third-order valence-electron chi connectivity index (χ3n) is 5.00. The summed E-state index contributed by atoms with van der Waals surface area (Å²) in [4.78, 5) is 14.0. The van der Waals surface area contributed by atoms with Gasteiger partial charge in [0.1, 0.15) is 24.4 Å². The van der Waals surface area contributed by atoms with E-state index in [1.807, 2.05) is 24.3 Å². The molecule has 0 spiro atoms. The lowest BCUT2D eigenvalue weighted by Crippen LogP contribution is -2.44. The molecule has 2 aromatic rings. The molecule has 3 heterocycles. The van der Waals surface area contributed by atoms with Crippen LogP contribution < -0.4 is 9.80 Å². The number of aromatic nitrogens is 2. The van der Waals surface area contributed by atoms with Gasteiger partial charge in [-0.1, -0.05) is 0 Å². The Morgan fingerprint density at radius 2 is 1.64 bits per heavy atom. The SMILES string of the molecule is CN1CCN(c2ccc(N3C=C(C(F)(F)F)C(n4ccnc4)=NC3)cc2)CC1. The van der Waals surface area contributed by atoms with Crippen molar-refractivity contribution in [1.82, 2.24) is 14.5 Å². The zero-order valence-electron chi connectivity index (χ0n) is 15.5. The highest BCUT2D eigenvalue weighted by Crippen LogP contribution is 2.32. The molecule has 28 heavy (non-hydrogen) atoms. The van der Waals surface area contributed by atoms with Crippen molar-refractivity contribution in [2.45, 2.75) is 6.18 Å². The molecular weight excluding hydrogens is 369 g/mol. The summed E-state index contributed by atoms with van der Waals surface area (Å²) in [5, 5.41) is 0. The van der Waals surface area contributed by atoms with Gasteiger partial charge in [-0.25, -0.2) is 9.98 Å². The molecule has 148 valence electrons. The molecule has 6 nitrogen and oxygen atoms in total. The Hall–Kier alpha value is -2.81. The van der Waals surface area contributed by atoms with Crippen LogP contribution in [0.15, 0.2) is 59.8 Å². The maximum atomic E-state index is 13.6. The summed E-state index contributed by atoms with van der Waals surface area (Å²) in [6, 6.07) is 7.60. The van der Waals surface area contributed by atoms with Crippen molar-refractivity contribution in [2.24, 2.45) is 4.99 Å². The van der Waals surface area contributed by atoms with Crippen LogP contribution in [0.5, 0.6) is 0 Å². The van der Waals surface area contributed by atoms with Crippen molar-refractivity contribution in [1.29, 1.82) is 0 Å². The number of allylic oxidation sites excluding steroid dienone is 1. The Morgan fingerprint density at radius 3 is 2.25 bits per heavy atom. The second-order valence-electron chi connectivity index (χ2n) is 6.91. The van der Waals surface area contributed by atoms with Crippen LogP contribution in [-0.4, -0.2) is 66.4 Å². The fraction of sp³-hybridized carbons (Fsp3) is 0.368. The predicted molar refractivity (Wildman–Crippen MR) is 103 cm³/mol. The number of benzene rings is 1. The molecule has 1 fully saturated rings. The first-order valence-corrected chi connectivity index (χ1v) is 9.04. The number of hydrogen-bond acceptors (Lipinski definition) is 5. The second kappa shape index (κ2) is 7.31. The molecule has 2 aliphatic rings. The van der Waals surface area contributed by atoms with E-state index in [-0.39, 0.29) is 12.5 Å². The van der Waals surface area contributed by atoms with Gasteiger partial charge in [0.25, 0.3) is 0 Å². The summed E-state index contributed by atoms with van der Waals surface area (Å²) >= 11 is 0. The Bertz CT molecular complexity index is 862. The lowest BCUT2D eigenvalue weighted by Gasteiger charge is -2.34. The van der Waals surface area contributed by atoms with Crippen LogP contribution in [-0.2, 0) is 0 Å². The lowest BCUT2D eigenvalue weighted by atomic mass is 10.2. The van der Waals surface area contributed by atoms with Gasteiger partial charge in [0.15, 0.2) is 0 Å². The lowest BCUT2D eigenvalue weighted by molar-refractivity contribution is -0.0867. The average molecular weight is 390 g/mol. The largest absolute Gasteiger partial charge is 0.421 e. The molecule has 0 atom stereocenters. The van der Waals surface area contributed by atoms with Crippen molar-refractivity contribution < 1.29 is 13.2 Å². The molecule has 1 aromatic carbocycles. The molecule has 0 saturated carbocycles. The predicted octanol–water partition coefficient (Wildman–Crippen LogP) is 2.81. The number of rotatable bonds is 2. The van der Waals surface area contributed by atoms with E-state index in [0.717, 1.165) is 38.1 Å². The monoisotopic (exact) mass is 390 g/mol. The third-order valence-corrected chi connectivity index (χ3v) is 5.00. The topological polar surface area (TPSA) is 39.9 Å². The van der Waals surface area contributed by atoms with Gasteiger partial charge in [0.2, 0.25) is 0 Å². The van der Waals surface area contributed by atoms with Gasteiger partial charge in [0, 0.05) is 56.1 Å². The van der Waals surface area contributed by atoms with Crippen LogP contribution >= 0.6 is 0 Å². The number of imidazole rings is 1. The van der Waals surface area contributed by atoms with Crippen LogP contribution in [0.4, 0.5) is 24.5 Å². The van der Waals surface area contributed by atoms with Crippen molar-refractivity contribution >= 4 is 17.2 Å². The third kappa shape index (κ3) is 3.75. The van der Waals surface area contributed by atoms with Gasteiger partial charge in [0.05, 0.1) is 0 Å². The van der Waals surface area contributed by atoms with Gasteiger partial charge in [-0.15, -0.1) is 0 Å². The zero-order chi connectivity index (χ0) is 19.7. The van der Waals surface area contributed by atoms with E-state index in [2.05, 4.69) is 26.8 Å². The molecule has 2 aliphatic heterocycles. The van der Waals surface area contributed by atoms with E-state index < -0.39 is 11.7 Å². The smallest absolute Gasteiger partial charge is 0.369 e. The fourth-order valence-electron chi connectivity index (χ4n) is 3.36. The van der Waals surface area contributed by atoms with E-state index in [9.17, 15) is 13.2 Å². The first kappa shape index (κ1) is 18.5. The number of nitrogens with zero attached hydrogens (tertiary/aromatic N) is 6. The number of alkyl halides is 3. The van der Waals surface area contributed by atoms with E-state index in [1.165, 1.54) is 28.2 Å². The molecule has 1 aromatic heterocycles. The molecule has 9 heteroatoms. The summed E-state index contributed by atoms with van der Waals surface area (Å²) in [6.45, 7) is 3.99. The quantitative estimate of drug-likeness (QED) is 0.791. The number of hydrogen-bond donors (Lipinski definition) is 0. The molecule has 1 saturated heterocycles. The molecule has 0 radical (unpaired) electrons. The molecule has 0 unspecified atom stereocenters. The first-order valence-electron chi connectivity index (χ1n) is 9.04. The number of anilines is 2. The van der Waals surface area contributed by atoms with Crippen molar-refractivity contribution in [2.75, 3.05) is 49.7 Å². The van der Waals surface area contributed by atoms with Crippen LogP contribution in [0.25, 0.3) is 0 Å². The standard InChI is InChI=1S/C19H21F3N6/c1-25-8-10-26(11-9-25)15-2-4-16(5-3-15)28-12-17(19(20,21)22)18(24-14-28)27-7-6-23-13-27/h2-7,12-13H,8-11,14H2,1H3. The van der Waals surface area contributed by atoms with Crippen LogP contribution in [0.1, 0.15) is 0 Å². The zero-order valence-corrected chi connectivity index (χ0v) is 15.5. The van der Waals surface area contributed by atoms with Crippen LogP contribution in [0.2, 0.25) is 0 Å². The maximum Gasteiger partial charge on any atom is 0.421 e. The summed E-state index contributed by atoms with van der Waals surface area (Å²) in [5.41, 5.74) is 0.962. The number of likely N-dealkylation sites (N-methyl/N-ethyl adjacent to an activating group) is 1. The highest BCUT2D eigenvalue weighted by Gasteiger charge is 2.40. The van der Waals surface area contributed by atoms with Gasteiger partial charge >= 0.3 is 6.18 Å². The summed E-state index contributed by atoms with van der Waals surface area (Å²) in [5.74, 6) is -0.143. The van der Waals surface area contributed by atoms with E-state index in [4.69, 9.17) is 0 Å². The highest BCUT2D eigenvalue weighted by atomic mass is 19.4. The van der Waals surface area contributed by atoms with Crippen LogP contribution in [0, 0.1) is 0 Å². The number of piperazine rings is 1. The van der Waals surface area contributed by atoms with Gasteiger partial charge in [-0.05, 0) is 31.3 Å². The molecule has 0 amide bonds. The van der Waals surface area contributed by atoms with Crippen molar-refractivity contribution in [3.8, 4) is 0 Å².